The van der Waals surface area contributed by atoms with Gasteiger partial charge in [0.25, 0.3) is 0 Å². The van der Waals surface area contributed by atoms with Crippen LogP contribution in [-0.4, -0.2) is 15.2 Å². The van der Waals surface area contributed by atoms with Crippen molar-refractivity contribution in [3.8, 4) is 0 Å². The molecule has 0 unspecified atom stereocenters. The molecule has 2 rings (SSSR count). The maximum absolute atomic E-state index is 5.82. The van der Waals surface area contributed by atoms with Crippen molar-refractivity contribution in [2.75, 3.05) is 0 Å². The topological polar surface area (TPSA) is 41.6 Å². The fourth-order valence-electron chi connectivity index (χ4n) is 0.952. The van der Waals surface area contributed by atoms with Crippen molar-refractivity contribution < 1.29 is 0 Å². The lowest BCUT2D eigenvalue weighted by Gasteiger charge is -1.91. The minimum atomic E-state index is 0.784. The van der Waals surface area contributed by atoms with Gasteiger partial charge in [-0.3, -0.25) is 5.10 Å². The molecule has 0 saturated carbocycles. The zero-order valence-corrected chi connectivity index (χ0v) is 9.84. The van der Waals surface area contributed by atoms with Crippen LogP contribution >= 0.6 is 34.7 Å². The van der Waals surface area contributed by atoms with Gasteiger partial charge in [0.05, 0.1) is 4.34 Å². The maximum Gasteiger partial charge on any atom is 0.208 e. The summed E-state index contributed by atoms with van der Waals surface area (Å²) < 4.78 is 0.826. The van der Waals surface area contributed by atoms with E-state index in [2.05, 4.69) is 15.2 Å². The third-order valence-corrected chi connectivity index (χ3v) is 3.86. The Labute approximate surface area is 94.9 Å². The minimum Gasteiger partial charge on any atom is -0.262 e. The Hall–Kier alpha value is -0.520. The first-order valence-corrected chi connectivity index (χ1v) is 6.18. The maximum atomic E-state index is 5.82. The molecule has 0 radical (unpaired) electrons. The molecule has 0 aromatic carbocycles. The first-order chi connectivity index (χ1) is 6.74. The summed E-state index contributed by atoms with van der Waals surface area (Å²) in [5.41, 5.74) is 0. The molecule has 0 amide bonds. The average Bonchev–Trinajstić information content (AvgIpc) is 2.72. The second-order valence-corrected chi connectivity index (χ2v) is 5.44. The summed E-state index contributed by atoms with van der Waals surface area (Å²) in [7, 11) is 0. The number of nitrogens with one attached hydrogen (secondary N) is 1. The fraction of sp³-hybridized carbons (Fsp3) is 0.250. The summed E-state index contributed by atoms with van der Waals surface area (Å²) >= 11 is 9.02. The highest BCUT2D eigenvalue weighted by Crippen LogP contribution is 2.27. The molecular formula is C8H8ClN3S2. The van der Waals surface area contributed by atoms with Crippen LogP contribution in [0.2, 0.25) is 4.34 Å². The highest BCUT2D eigenvalue weighted by molar-refractivity contribution is 7.98. The Morgan fingerprint density at radius 1 is 1.57 bits per heavy atom. The van der Waals surface area contributed by atoms with Gasteiger partial charge in [-0.1, -0.05) is 23.4 Å². The molecule has 2 aromatic heterocycles. The molecule has 0 aliphatic carbocycles. The van der Waals surface area contributed by atoms with Crippen molar-refractivity contribution >= 4 is 34.7 Å². The van der Waals surface area contributed by atoms with Crippen molar-refractivity contribution in [2.45, 2.75) is 17.8 Å². The first-order valence-electron chi connectivity index (χ1n) is 4.00. The Morgan fingerprint density at radius 2 is 2.43 bits per heavy atom. The standard InChI is InChI=1S/C8H8ClN3S2/c1-5-10-8(12-11-5)13-4-6-2-3-7(9)14-6/h2-3H,4H2,1H3,(H,10,11,12). The second kappa shape index (κ2) is 4.33. The van der Waals surface area contributed by atoms with Gasteiger partial charge in [-0.25, -0.2) is 4.98 Å². The largest absolute Gasteiger partial charge is 0.262 e. The summed E-state index contributed by atoms with van der Waals surface area (Å²) in [4.78, 5) is 5.44. The van der Waals surface area contributed by atoms with Crippen molar-refractivity contribution in [1.29, 1.82) is 0 Å². The van der Waals surface area contributed by atoms with Gasteiger partial charge in [-0.15, -0.1) is 16.4 Å². The van der Waals surface area contributed by atoms with Crippen LogP contribution in [0.5, 0.6) is 0 Å². The number of aryl methyl sites for hydroxylation is 1. The monoisotopic (exact) mass is 245 g/mol. The summed E-state index contributed by atoms with van der Waals surface area (Å²) in [6, 6.07) is 3.94. The fourth-order valence-corrected chi connectivity index (χ4v) is 2.93. The smallest absolute Gasteiger partial charge is 0.208 e. The van der Waals surface area contributed by atoms with Crippen LogP contribution in [0.15, 0.2) is 17.3 Å². The number of hydrogen-bond donors (Lipinski definition) is 1. The minimum absolute atomic E-state index is 0.784. The predicted octanol–water partition coefficient (Wildman–Crippen LogP) is 3.12. The Morgan fingerprint density at radius 3 is 3.00 bits per heavy atom. The van der Waals surface area contributed by atoms with E-state index in [4.69, 9.17) is 11.6 Å². The van der Waals surface area contributed by atoms with E-state index in [0.717, 1.165) is 21.1 Å². The first kappa shape index (κ1) is 10.0. The van der Waals surface area contributed by atoms with Gasteiger partial charge in [-0.05, 0) is 19.1 Å². The van der Waals surface area contributed by atoms with E-state index in [1.807, 2.05) is 19.1 Å². The van der Waals surface area contributed by atoms with E-state index in [0.29, 0.717) is 0 Å². The van der Waals surface area contributed by atoms with Gasteiger partial charge in [0.15, 0.2) is 0 Å². The van der Waals surface area contributed by atoms with Crippen LogP contribution in [0.25, 0.3) is 0 Å². The molecule has 3 nitrogen and oxygen atoms in total. The van der Waals surface area contributed by atoms with Gasteiger partial charge in [0.1, 0.15) is 5.82 Å². The molecule has 6 heteroatoms. The zero-order chi connectivity index (χ0) is 9.97. The van der Waals surface area contributed by atoms with Crippen molar-refractivity contribution in [1.82, 2.24) is 15.2 Å². The quantitative estimate of drug-likeness (QED) is 0.845. The normalized spacial score (nSPS) is 10.7. The summed E-state index contributed by atoms with van der Waals surface area (Å²) in [6.07, 6.45) is 0. The highest BCUT2D eigenvalue weighted by Gasteiger charge is 2.03. The number of hydrogen-bond acceptors (Lipinski definition) is 4. The van der Waals surface area contributed by atoms with E-state index in [1.165, 1.54) is 4.88 Å². The van der Waals surface area contributed by atoms with E-state index >= 15 is 0 Å². The number of thiophene rings is 1. The summed E-state index contributed by atoms with van der Waals surface area (Å²) in [5, 5.41) is 7.63. The number of halogens is 1. The van der Waals surface area contributed by atoms with Crippen LogP contribution in [0.1, 0.15) is 10.7 Å². The lowest BCUT2D eigenvalue weighted by molar-refractivity contribution is 0.969. The molecule has 0 aliphatic heterocycles. The Kier molecular flexibility index (Phi) is 3.10. The molecular weight excluding hydrogens is 238 g/mol. The van der Waals surface area contributed by atoms with E-state index in [1.54, 1.807) is 23.1 Å². The molecule has 0 fully saturated rings. The van der Waals surface area contributed by atoms with Crippen LogP contribution in [0.4, 0.5) is 0 Å². The van der Waals surface area contributed by atoms with Gasteiger partial charge >= 0.3 is 0 Å². The van der Waals surface area contributed by atoms with Crippen LogP contribution in [-0.2, 0) is 5.75 Å². The van der Waals surface area contributed by atoms with E-state index < -0.39 is 0 Å². The third kappa shape index (κ3) is 2.50. The molecule has 0 spiro atoms. The van der Waals surface area contributed by atoms with Gasteiger partial charge < -0.3 is 0 Å². The van der Waals surface area contributed by atoms with E-state index in [-0.39, 0.29) is 0 Å². The number of rotatable bonds is 3. The molecule has 74 valence electrons. The lowest BCUT2D eigenvalue weighted by atomic mass is 10.5. The number of aromatic amines is 1. The molecule has 2 heterocycles. The van der Waals surface area contributed by atoms with Gasteiger partial charge in [0.2, 0.25) is 5.16 Å². The second-order valence-electron chi connectivity index (χ2n) is 2.70. The SMILES string of the molecule is Cc1nc(SCc2ccc(Cl)s2)n[nH]1. The Balaban J connectivity index is 1.94. The average molecular weight is 246 g/mol. The van der Waals surface area contributed by atoms with Gasteiger partial charge in [-0.2, -0.15) is 0 Å². The molecule has 14 heavy (non-hydrogen) atoms. The number of H-pyrrole nitrogens is 1. The van der Waals surface area contributed by atoms with Crippen molar-refractivity contribution in [3.05, 3.63) is 27.2 Å². The van der Waals surface area contributed by atoms with Gasteiger partial charge in [0, 0.05) is 10.6 Å². The number of thioether (sulfide) groups is 1. The van der Waals surface area contributed by atoms with Crippen LogP contribution in [0.3, 0.4) is 0 Å². The molecule has 0 saturated heterocycles. The molecule has 0 bridgehead atoms. The van der Waals surface area contributed by atoms with E-state index in [9.17, 15) is 0 Å². The molecule has 0 atom stereocenters. The molecule has 1 N–H and O–H groups in total. The third-order valence-electron chi connectivity index (χ3n) is 1.55. The summed E-state index contributed by atoms with van der Waals surface area (Å²) in [6.45, 7) is 1.89. The van der Waals surface area contributed by atoms with Crippen molar-refractivity contribution in [3.63, 3.8) is 0 Å². The number of aromatic nitrogens is 3. The predicted molar refractivity (Wildman–Crippen MR) is 60.0 cm³/mol. The highest BCUT2D eigenvalue weighted by atomic mass is 35.5. The number of nitrogens with zero attached hydrogens (tertiary/aromatic N) is 2. The van der Waals surface area contributed by atoms with Crippen LogP contribution in [0, 0.1) is 6.92 Å². The lowest BCUT2D eigenvalue weighted by Crippen LogP contribution is -1.77. The zero-order valence-electron chi connectivity index (χ0n) is 7.45. The Bertz CT molecular complexity index is 383. The van der Waals surface area contributed by atoms with Crippen molar-refractivity contribution in [2.24, 2.45) is 0 Å². The summed E-state index contributed by atoms with van der Waals surface area (Å²) in [5.74, 6) is 1.71. The van der Waals surface area contributed by atoms with Crippen LogP contribution < -0.4 is 0 Å². The molecule has 0 aliphatic rings. The molecule has 2 aromatic rings.